The summed E-state index contributed by atoms with van der Waals surface area (Å²) in [4.78, 5) is 23.2. The van der Waals surface area contributed by atoms with Crippen LogP contribution in [0.2, 0.25) is 0 Å². The minimum atomic E-state index is -1.03. The van der Waals surface area contributed by atoms with E-state index in [1.165, 1.54) is 6.07 Å². The monoisotopic (exact) mass is 293 g/mol. The summed E-state index contributed by atoms with van der Waals surface area (Å²) < 4.78 is 5.02. The van der Waals surface area contributed by atoms with Crippen LogP contribution in [0.1, 0.15) is 49.0 Å². The third-order valence-corrected chi connectivity index (χ3v) is 3.26. The summed E-state index contributed by atoms with van der Waals surface area (Å²) in [5.41, 5.74) is 1.35. The maximum Gasteiger partial charge on any atom is 0.335 e. The van der Waals surface area contributed by atoms with Gasteiger partial charge in [0.25, 0.3) is 0 Å². The number of methoxy groups -OCH3 is 1. The third kappa shape index (κ3) is 5.55. The summed E-state index contributed by atoms with van der Waals surface area (Å²) in [7, 11) is 1.54. The quantitative estimate of drug-likeness (QED) is 0.771. The Hall–Kier alpha value is -1.88. The van der Waals surface area contributed by atoms with Crippen LogP contribution in [0, 0.1) is 5.92 Å². The van der Waals surface area contributed by atoms with Crippen molar-refractivity contribution in [2.75, 3.05) is 12.4 Å². The van der Waals surface area contributed by atoms with Crippen molar-refractivity contribution in [2.24, 2.45) is 5.92 Å². The molecule has 0 aliphatic heterocycles. The fourth-order valence-electron chi connectivity index (χ4n) is 2.04. The van der Waals surface area contributed by atoms with Crippen LogP contribution in [-0.2, 0) is 16.1 Å². The van der Waals surface area contributed by atoms with Crippen molar-refractivity contribution in [2.45, 2.75) is 39.7 Å². The van der Waals surface area contributed by atoms with E-state index in [9.17, 15) is 9.59 Å². The van der Waals surface area contributed by atoms with E-state index < -0.39 is 5.97 Å². The first-order valence-corrected chi connectivity index (χ1v) is 7.15. The molecule has 0 bridgehead atoms. The molecule has 0 aliphatic rings. The molecule has 0 saturated carbocycles. The molecule has 0 heterocycles. The zero-order chi connectivity index (χ0) is 15.8. The number of anilines is 1. The molecule has 0 fully saturated rings. The third-order valence-electron chi connectivity index (χ3n) is 3.26. The molecule has 5 nitrogen and oxygen atoms in total. The standard InChI is InChI=1S/C16H23NO4/c1-4-5-6-11(2)15(18)17-14-8-12(10-21-3)7-13(9-14)16(19)20/h7-9,11H,4-6,10H2,1-3H3,(H,17,18)(H,19,20). The fraction of sp³-hybridized carbons (Fsp3) is 0.500. The number of hydrogen-bond acceptors (Lipinski definition) is 3. The normalized spacial score (nSPS) is 12.0. The molecule has 0 aromatic heterocycles. The second-order valence-corrected chi connectivity index (χ2v) is 5.19. The molecule has 5 heteroatoms. The van der Waals surface area contributed by atoms with Crippen LogP contribution < -0.4 is 5.32 Å². The second kappa shape index (κ2) is 8.42. The Morgan fingerprint density at radius 1 is 1.33 bits per heavy atom. The van der Waals surface area contributed by atoms with Gasteiger partial charge in [-0.15, -0.1) is 0 Å². The van der Waals surface area contributed by atoms with E-state index in [4.69, 9.17) is 9.84 Å². The van der Waals surface area contributed by atoms with Crippen molar-refractivity contribution >= 4 is 17.6 Å². The number of ether oxygens (including phenoxy) is 1. The predicted molar refractivity (Wildman–Crippen MR) is 81.4 cm³/mol. The summed E-state index contributed by atoms with van der Waals surface area (Å²) in [5.74, 6) is -1.21. The van der Waals surface area contributed by atoms with E-state index in [2.05, 4.69) is 12.2 Å². The largest absolute Gasteiger partial charge is 0.478 e. The van der Waals surface area contributed by atoms with Crippen LogP contribution in [0.5, 0.6) is 0 Å². The van der Waals surface area contributed by atoms with E-state index in [1.807, 2.05) is 6.92 Å². The number of amides is 1. The average molecular weight is 293 g/mol. The molecule has 1 unspecified atom stereocenters. The molecular formula is C16H23NO4. The van der Waals surface area contributed by atoms with Gasteiger partial charge in [-0.25, -0.2) is 4.79 Å². The number of nitrogens with one attached hydrogen (secondary N) is 1. The summed E-state index contributed by atoms with van der Waals surface area (Å²) in [6.45, 7) is 4.26. The lowest BCUT2D eigenvalue weighted by Gasteiger charge is -2.13. The number of hydrogen-bond donors (Lipinski definition) is 2. The van der Waals surface area contributed by atoms with Gasteiger partial charge in [0.1, 0.15) is 0 Å². The molecule has 1 atom stereocenters. The molecule has 0 spiro atoms. The van der Waals surface area contributed by atoms with E-state index >= 15 is 0 Å². The van der Waals surface area contributed by atoms with Gasteiger partial charge < -0.3 is 15.2 Å². The van der Waals surface area contributed by atoms with E-state index in [0.29, 0.717) is 17.9 Å². The zero-order valence-corrected chi connectivity index (χ0v) is 12.8. The highest BCUT2D eigenvalue weighted by Gasteiger charge is 2.14. The van der Waals surface area contributed by atoms with Crippen LogP contribution in [0.3, 0.4) is 0 Å². The van der Waals surface area contributed by atoms with Gasteiger partial charge in [0.2, 0.25) is 5.91 Å². The van der Waals surface area contributed by atoms with Crippen LogP contribution in [0.4, 0.5) is 5.69 Å². The number of aromatic carboxylic acids is 1. The molecular weight excluding hydrogens is 270 g/mol. The summed E-state index contributed by atoms with van der Waals surface area (Å²) in [6.07, 6.45) is 2.87. The lowest BCUT2D eigenvalue weighted by atomic mass is 10.0. The number of benzene rings is 1. The van der Waals surface area contributed by atoms with Gasteiger partial charge in [0.15, 0.2) is 0 Å². The van der Waals surface area contributed by atoms with Gasteiger partial charge in [0.05, 0.1) is 12.2 Å². The molecule has 1 aromatic rings. The summed E-state index contributed by atoms with van der Waals surface area (Å²) in [5, 5.41) is 11.9. The summed E-state index contributed by atoms with van der Waals surface area (Å²) in [6, 6.07) is 4.74. The Labute approximate surface area is 125 Å². The Bertz CT molecular complexity index is 499. The topological polar surface area (TPSA) is 75.6 Å². The average Bonchev–Trinajstić information content (AvgIpc) is 2.44. The Morgan fingerprint density at radius 2 is 2.05 bits per heavy atom. The van der Waals surface area contributed by atoms with E-state index in [-0.39, 0.29) is 17.4 Å². The predicted octanol–water partition coefficient (Wildman–Crippen LogP) is 3.30. The maximum absolute atomic E-state index is 12.1. The van der Waals surface area contributed by atoms with Crippen molar-refractivity contribution < 1.29 is 19.4 Å². The van der Waals surface area contributed by atoms with Crippen LogP contribution in [-0.4, -0.2) is 24.1 Å². The molecule has 1 aromatic carbocycles. The number of carboxylic acid groups (broad SMARTS) is 1. The lowest BCUT2D eigenvalue weighted by Crippen LogP contribution is -2.20. The molecule has 1 rings (SSSR count). The number of unbranched alkanes of at least 4 members (excludes halogenated alkanes) is 1. The Morgan fingerprint density at radius 3 is 2.62 bits per heavy atom. The van der Waals surface area contributed by atoms with E-state index in [1.54, 1.807) is 19.2 Å². The fourth-order valence-corrected chi connectivity index (χ4v) is 2.04. The number of carboxylic acids is 1. The zero-order valence-electron chi connectivity index (χ0n) is 12.8. The Kier molecular flexibility index (Phi) is 6.88. The molecule has 0 aliphatic carbocycles. The van der Waals surface area contributed by atoms with Gasteiger partial charge in [0, 0.05) is 18.7 Å². The SMILES string of the molecule is CCCCC(C)C(=O)Nc1cc(COC)cc(C(=O)O)c1. The first-order valence-electron chi connectivity index (χ1n) is 7.15. The number of rotatable bonds is 8. The highest BCUT2D eigenvalue weighted by Crippen LogP contribution is 2.18. The smallest absolute Gasteiger partial charge is 0.335 e. The molecule has 0 saturated heterocycles. The molecule has 116 valence electrons. The number of carbonyl (C=O) groups is 2. The second-order valence-electron chi connectivity index (χ2n) is 5.19. The van der Waals surface area contributed by atoms with E-state index in [0.717, 1.165) is 19.3 Å². The highest BCUT2D eigenvalue weighted by molar-refractivity contribution is 5.95. The lowest BCUT2D eigenvalue weighted by molar-refractivity contribution is -0.119. The van der Waals surface area contributed by atoms with Gasteiger partial charge in [-0.05, 0) is 30.2 Å². The van der Waals surface area contributed by atoms with Crippen molar-refractivity contribution in [3.63, 3.8) is 0 Å². The van der Waals surface area contributed by atoms with Crippen molar-refractivity contribution in [1.29, 1.82) is 0 Å². The van der Waals surface area contributed by atoms with Crippen LogP contribution in [0.25, 0.3) is 0 Å². The molecule has 21 heavy (non-hydrogen) atoms. The van der Waals surface area contributed by atoms with Crippen molar-refractivity contribution in [3.8, 4) is 0 Å². The number of carbonyl (C=O) groups excluding carboxylic acids is 1. The minimum Gasteiger partial charge on any atom is -0.478 e. The van der Waals surface area contributed by atoms with Gasteiger partial charge in [-0.3, -0.25) is 4.79 Å². The summed E-state index contributed by atoms with van der Waals surface area (Å²) >= 11 is 0. The van der Waals surface area contributed by atoms with Crippen molar-refractivity contribution in [1.82, 2.24) is 0 Å². The van der Waals surface area contributed by atoms with Crippen LogP contribution in [0.15, 0.2) is 18.2 Å². The Balaban J connectivity index is 2.86. The maximum atomic E-state index is 12.1. The minimum absolute atomic E-state index is 0.0886. The van der Waals surface area contributed by atoms with Gasteiger partial charge in [-0.2, -0.15) is 0 Å². The van der Waals surface area contributed by atoms with Gasteiger partial charge >= 0.3 is 5.97 Å². The van der Waals surface area contributed by atoms with Gasteiger partial charge in [-0.1, -0.05) is 26.7 Å². The molecule has 2 N–H and O–H groups in total. The highest BCUT2D eigenvalue weighted by atomic mass is 16.5. The molecule has 0 radical (unpaired) electrons. The van der Waals surface area contributed by atoms with Crippen LogP contribution >= 0.6 is 0 Å². The molecule has 1 amide bonds. The van der Waals surface area contributed by atoms with Crippen molar-refractivity contribution in [3.05, 3.63) is 29.3 Å². The first-order chi connectivity index (χ1) is 9.97. The first kappa shape index (κ1) is 17.2.